The molecule has 0 fully saturated rings. The molecule has 2 N–H and O–H groups in total. The lowest BCUT2D eigenvalue weighted by atomic mass is 10.1. The molecule has 0 spiro atoms. The summed E-state index contributed by atoms with van der Waals surface area (Å²) in [5, 5.41) is 11.2. The van der Waals surface area contributed by atoms with Crippen LogP contribution in [0, 0.1) is 6.92 Å². The highest BCUT2D eigenvalue weighted by Gasteiger charge is 2.07. The molecule has 0 unspecified atom stereocenters. The van der Waals surface area contributed by atoms with Gasteiger partial charge in [0.1, 0.15) is 5.75 Å². The smallest absolute Gasteiger partial charge is 0.313 e. The molecule has 1 amide bonds. The van der Waals surface area contributed by atoms with Crippen molar-refractivity contribution in [2.75, 3.05) is 18.6 Å². The highest BCUT2D eigenvalue weighted by atomic mass is 32.2. The van der Waals surface area contributed by atoms with Crippen molar-refractivity contribution in [2.24, 2.45) is 0 Å². The summed E-state index contributed by atoms with van der Waals surface area (Å²) in [4.78, 5) is 21.8. The van der Waals surface area contributed by atoms with E-state index in [1.54, 1.807) is 7.11 Å². The Morgan fingerprint density at radius 3 is 2.74 bits per heavy atom. The molecule has 104 valence electrons. The minimum absolute atomic E-state index is 0.0682. The Labute approximate surface area is 116 Å². The molecule has 1 rings (SSSR count). The van der Waals surface area contributed by atoms with Crippen LogP contribution in [0.1, 0.15) is 11.1 Å². The summed E-state index contributed by atoms with van der Waals surface area (Å²) < 4.78 is 5.24. The maximum absolute atomic E-state index is 11.5. The SMILES string of the molecule is COc1cc(C)ccc1CNC(=O)CSCC(=O)O. The number of carbonyl (C=O) groups is 2. The van der Waals surface area contributed by atoms with E-state index in [1.807, 2.05) is 25.1 Å². The van der Waals surface area contributed by atoms with Crippen LogP contribution in [0.15, 0.2) is 18.2 Å². The summed E-state index contributed by atoms with van der Waals surface area (Å²) in [5.41, 5.74) is 1.98. The highest BCUT2D eigenvalue weighted by Crippen LogP contribution is 2.19. The standard InChI is InChI=1S/C13H17NO4S/c1-9-3-4-10(11(5-9)18-2)6-14-12(15)7-19-8-13(16)17/h3-5H,6-8H2,1-2H3,(H,14,15)(H,16,17). The van der Waals surface area contributed by atoms with Crippen LogP contribution in [0.25, 0.3) is 0 Å². The summed E-state index contributed by atoms with van der Waals surface area (Å²) in [6.07, 6.45) is 0. The summed E-state index contributed by atoms with van der Waals surface area (Å²) in [5.74, 6) is -0.299. The van der Waals surface area contributed by atoms with Crippen LogP contribution in [0.2, 0.25) is 0 Å². The van der Waals surface area contributed by atoms with Gasteiger partial charge in [0.15, 0.2) is 0 Å². The third-order valence-electron chi connectivity index (χ3n) is 2.38. The molecule has 0 atom stereocenters. The van der Waals surface area contributed by atoms with Crippen molar-refractivity contribution in [3.05, 3.63) is 29.3 Å². The number of thioether (sulfide) groups is 1. The molecule has 6 heteroatoms. The zero-order valence-corrected chi connectivity index (χ0v) is 11.8. The number of benzene rings is 1. The molecule has 0 aromatic heterocycles. The lowest BCUT2D eigenvalue weighted by molar-refractivity contribution is -0.133. The molecular weight excluding hydrogens is 266 g/mol. The van der Waals surface area contributed by atoms with Gasteiger partial charge >= 0.3 is 5.97 Å². The van der Waals surface area contributed by atoms with E-state index in [9.17, 15) is 9.59 Å². The molecule has 0 radical (unpaired) electrons. The maximum atomic E-state index is 11.5. The fourth-order valence-corrected chi connectivity index (χ4v) is 2.04. The van der Waals surface area contributed by atoms with Gasteiger partial charge < -0.3 is 15.2 Å². The Hall–Kier alpha value is -1.69. The molecule has 1 aromatic carbocycles. The first-order valence-electron chi connectivity index (χ1n) is 5.72. The van der Waals surface area contributed by atoms with Gasteiger partial charge in [-0.1, -0.05) is 12.1 Å². The minimum Gasteiger partial charge on any atom is -0.496 e. The molecule has 0 heterocycles. The molecule has 1 aromatic rings. The van der Waals surface area contributed by atoms with E-state index in [4.69, 9.17) is 9.84 Å². The lowest BCUT2D eigenvalue weighted by Gasteiger charge is -2.10. The van der Waals surface area contributed by atoms with Crippen LogP contribution in [0.5, 0.6) is 5.75 Å². The van der Waals surface area contributed by atoms with Crippen LogP contribution < -0.4 is 10.1 Å². The largest absolute Gasteiger partial charge is 0.496 e. The van der Waals surface area contributed by atoms with Gasteiger partial charge in [-0.2, -0.15) is 0 Å². The predicted molar refractivity (Wildman–Crippen MR) is 74.5 cm³/mol. The predicted octanol–water partition coefficient (Wildman–Crippen LogP) is 1.44. The van der Waals surface area contributed by atoms with E-state index in [-0.39, 0.29) is 17.4 Å². The van der Waals surface area contributed by atoms with Crippen molar-refractivity contribution >= 4 is 23.6 Å². The van der Waals surface area contributed by atoms with Gasteiger partial charge in [-0.3, -0.25) is 9.59 Å². The van der Waals surface area contributed by atoms with Crippen molar-refractivity contribution in [1.29, 1.82) is 0 Å². The van der Waals surface area contributed by atoms with E-state index in [1.165, 1.54) is 0 Å². The molecular formula is C13H17NO4S. The second-order valence-electron chi connectivity index (χ2n) is 3.98. The third kappa shape index (κ3) is 5.65. The zero-order valence-electron chi connectivity index (χ0n) is 10.9. The number of nitrogens with one attached hydrogen (secondary N) is 1. The molecule has 0 aliphatic carbocycles. The Balaban J connectivity index is 2.43. The Morgan fingerprint density at radius 2 is 2.11 bits per heavy atom. The average Bonchev–Trinajstić information content (AvgIpc) is 2.36. The van der Waals surface area contributed by atoms with Gasteiger partial charge in [-0.25, -0.2) is 0 Å². The summed E-state index contributed by atoms with van der Waals surface area (Å²) in [6.45, 7) is 2.34. The number of carbonyl (C=O) groups excluding carboxylic acids is 1. The number of carboxylic acid groups (broad SMARTS) is 1. The van der Waals surface area contributed by atoms with E-state index in [0.29, 0.717) is 6.54 Å². The topological polar surface area (TPSA) is 75.6 Å². The van der Waals surface area contributed by atoms with Gasteiger partial charge in [0, 0.05) is 12.1 Å². The summed E-state index contributed by atoms with van der Waals surface area (Å²) in [7, 11) is 1.59. The number of ether oxygens (including phenoxy) is 1. The van der Waals surface area contributed by atoms with Crippen molar-refractivity contribution in [3.8, 4) is 5.75 Å². The van der Waals surface area contributed by atoms with Gasteiger partial charge in [-0.05, 0) is 18.6 Å². The van der Waals surface area contributed by atoms with Crippen molar-refractivity contribution in [1.82, 2.24) is 5.32 Å². The maximum Gasteiger partial charge on any atom is 0.313 e. The molecule has 0 aliphatic heterocycles. The van der Waals surface area contributed by atoms with Crippen molar-refractivity contribution in [3.63, 3.8) is 0 Å². The Morgan fingerprint density at radius 1 is 1.37 bits per heavy atom. The first-order chi connectivity index (χ1) is 9.02. The van der Waals surface area contributed by atoms with Gasteiger partial charge in [-0.15, -0.1) is 11.8 Å². The second-order valence-corrected chi connectivity index (χ2v) is 4.96. The van der Waals surface area contributed by atoms with Gasteiger partial charge in [0.25, 0.3) is 0 Å². The fraction of sp³-hybridized carbons (Fsp3) is 0.385. The van der Waals surface area contributed by atoms with Crippen LogP contribution in [0.3, 0.4) is 0 Å². The average molecular weight is 283 g/mol. The van der Waals surface area contributed by atoms with Crippen molar-refractivity contribution < 1.29 is 19.4 Å². The van der Waals surface area contributed by atoms with E-state index < -0.39 is 5.97 Å². The Bertz CT molecular complexity index is 462. The summed E-state index contributed by atoms with van der Waals surface area (Å²) >= 11 is 1.07. The number of hydrogen-bond acceptors (Lipinski definition) is 4. The number of carboxylic acids is 1. The lowest BCUT2D eigenvalue weighted by Crippen LogP contribution is -2.25. The van der Waals surface area contributed by atoms with Gasteiger partial charge in [0.2, 0.25) is 5.91 Å². The monoisotopic (exact) mass is 283 g/mol. The number of hydrogen-bond donors (Lipinski definition) is 2. The van der Waals surface area contributed by atoms with Crippen LogP contribution >= 0.6 is 11.8 Å². The first-order valence-corrected chi connectivity index (χ1v) is 6.88. The molecule has 5 nitrogen and oxygen atoms in total. The molecule has 0 saturated carbocycles. The number of rotatable bonds is 7. The molecule has 0 saturated heterocycles. The third-order valence-corrected chi connectivity index (χ3v) is 3.29. The van der Waals surface area contributed by atoms with Crippen LogP contribution in [-0.2, 0) is 16.1 Å². The summed E-state index contributed by atoms with van der Waals surface area (Å²) in [6, 6.07) is 5.75. The highest BCUT2D eigenvalue weighted by molar-refractivity contribution is 8.00. The van der Waals surface area contributed by atoms with Crippen LogP contribution in [-0.4, -0.2) is 35.6 Å². The number of amides is 1. The number of aliphatic carboxylic acids is 1. The molecule has 19 heavy (non-hydrogen) atoms. The molecule has 0 bridgehead atoms. The fourth-order valence-electron chi connectivity index (χ4n) is 1.47. The van der Waals surface area contributed by atoms with Crippen molar-refractivity contribution in [2.45, 2.75) is 13.5 Å². The van der Waals surface area contributed by atoms with E-state index in [2.05, 4.69) is 5.32 Å². The zero-order chi connectivity index (χ0) is 14.3. The first kappa shape index (κ1) is 15.4. The van der Waals surface area contributed by atoms with Crippen LogP contribution in [0.4, 0.5) is 0 Å². The van der Waals surface area contributed by atoms with E-state index >= 15 is 0 Å². The normalized spacial score (nSPS) is 10.0. The number of methoxy groups -OCH3 is 1. The second kappa shape index (κ2) is 7.68. The van der Waals surface area contributed by atoms with E-state index in [0.717, 1.165) is 28.6 Å². The minimum atomic E-state index is -0.919. The van der Waals surface area contributed by atoms with Gasteiger partial charge in [0.05, 0.1) is 18.6 Å². The molecule has 0 aliphatic rings. The number of aryl methyl sites for hydroxylation is 1. The quantitative estimate of drug-likeness (QED) is 0.792. The Kier molecular flexibility index (Phi) is 6.21.